The summed E-state index contributed by atoms with van der Waals surface area (Å²) in [5, 5.41) is 0. The topological polar surface area (TPSA) is 3.24 Å². The number of hydrogen-bond donors (Lipinski definition) is 0. The lowest BCUT2D eigenvalue weighted by atomic mass is 10.0. The Morgan fingerprint density at radius 1 is 1.45 bits per heavy atom. The Morgan fingerprint density at radius 2 is 2.00 bits per heavy atom. The van der Waals surface area contributed by atoms with Gasteiger partial charge in [-0.05, 0) is 32.4 Å². The molecule has 0 saturated heterocycles. The lowest BCUT2D eigenvalue weighted by Gasteiger charge is -2.15. The van der Waals surface area contributed by atoms with Gasteiger partial charge in [-0.1, -0.05) is 19.4 Å². The van der Waals surface area contributed by atoms with E-state index in [1.54, 1.807) is 0 Å². The first kappa shape index (κ1) is 10.5. The molecule has 0 aliphatic carbocycles. The molecule has 0 aromatic rings. The molecule has 0 saturated carbocycles. The fraction of sp³-hybridized carbons (Fsp3) is 0.800. The highest BCUT2D eigenvalue weighted by Gasteiger charge is 2.00. The molecule has 0 radical (unpaired) electrons. The third kappa shape index (κ3) is 4.07. The lowest BCUT2D eigenvalue weighted by molar-refractivity contribution is 0.470. The highest BCUT2D eigenvalue weighted by atomic mass is 15.1. The molecule has 0 fully saturated rings. The summed E-state index contributed by atoms with van der Waals surface area (Å²) in [5.41, 5.74) is 1.48. The van der Waals surface area contributed by atoms with Gasteiger partial charge in [0, 0.05) is 13.6 Å². The van der Waals surface area contributed by atoms with Crippen LogP contribution >= 0.6 is 0 Å². The van der Waals surface area contributed by atoms with Crippen molar-refractivity contribution in [3.05, 3.63) is 11.8 Å². The van der Waals surface area contributed by atoms with Crippen LogP contribution in [0.15, 0.2) is 11.8 Å². The minimum Gasteiger partial charge on any atom is -0.381 e. The second-order valence-electron chi connectivity index (χ2n) is 3.26. The molecule has 0 N–H and O–H groups in total. The normalized spacial score (nSPS) is 14.8. The molecule has 0 amide bonds. The van der Waals surface area contributed by atoms with Gasteiger partial charge in [0.15, 0.2) is 0 Å². The van der Waals surface area contributed by atoms with Crippen molar-refractivity contribution in [1.82, 2.24) is 4.90 Å². The quantitative estimate of drug-likeness (QED) is 0.603. The molecular formula is C10H21N. The van der Waals surface area contributed by atoms with Gasteiger partial charge in [0.1, 0.15) is 0 Å². The molecule has 0 rings (SSSR count). The standard InChI is InChI=1S/C10H21N/c1-6-9(3)10(4)8-11(5)7-2/h8-9H,6-7H2,1-5H3/b10-8-. The van der Waals surface area contributed by atoms with Crippen LogP contribution in [0.25, 0.3) is 0 Å². The molecule has 1 heteroatoms. The van der Waals surface area contributed by atoms with Gasteiger partial charge in [0.25, 0.3) is 0 Å². The SMILES string of the molecule is CCC(C)/C(C)=C\N(C)CC. The summed E-state index contributed by atoms with van der Waals surface area (Å²) in [6, 6.07) is 0. The molecule has 1 nitrogen and oxygen atoms in total. The summed E-state index contributed by atoms with van der Waals surface area (Å²) in [6.07, 6.45) is 3.48. The smallest absolute Gasteiger partial charge is 0.0140 e. The van der Waals surface area contributed by atoms with E-state index in [4.69, 9.17) is 0 Å². The van der Waals surface area contributed by atoms with Crippen LogP contribution in [0.3, 0.4) is 0 Å². The van der Waals surface area contributed by atoms with Gasteiger partial charge in [-0.3, -0.25) is 0 Å². The molecule has 66 valence electrons. The molecule has 11 heavy (non-hydrogen) atoms. The van der Waals surface area contributed by atoms with Gasteiger partial charge in [-0.15, -0.1) is 0 Å². The highest BCUT2D eigenvalue weighted by Crippen LogP contribution is 2.13. The summed E-state index contributed by atoms with van der Waals surface area (Å²) < 4.78 is 0. The zero-order chi connectivity index (χ0) is 8.85. The first-order valence-corrected chi connectivity index (χ1v) is 4.50. The number of hydrogen-bond acceptors (Lipinski definition) is 1. The van der Waals surface area contributed by atoms with Crippen molar-refractivity contribution in [3.63, 3.8) is 0 Å². The van der Waals surface area contributed by atoms with Crippen molar-refractivity contribution >= 4 is 0 Å². The Kier molecular flexibility index (Phi) is 5.01. The van der Waals surface area contributed by atoms with E-state index in [1.807, 2.05) is 0 Å². The van der Waals surface area contributed by atoms with Gasteiger partial charge < -0.3 is 4.90 Å². The van der Waals surface area contributed by atoms with Gasteiger partial charge in [-0.25, -0.2) is 0 Å². The number of rotatable bonds is 4. The number of nitrogens with zero attached hydrogens (tertiary/aromatic N) is 1. The Morgan fingerprint density at radius 3 is 2.36 bits per heavy atom. The van der Waals surface area contributed by atoms with Crippen molar-refractivity contribution < 1.29 is 0 Å². The molecule has 0 aliphatic heterocycles. The Hall–Kier alpha value is -0.460. The maximum absolute atomic E-state index is 2.27. The van der Waals surface area contributed by atoms with Crippen LogP contribution in [0.5, 0.6) is 0 Å². The van der Waals surface area contributed by atoms with Crippen molar-refractivity contribution in [2.24, 2.45) is 5.92 Å². The summed E-state index contributed by atoms with van der Waals surface area (Å²) in [6.45, 7) is 9.97. The third-order valence-electron chi connectivity index (χ3n) is 2.31. The van der Waals surface area contributed by atoms with Gasteiger partial charge in [0.2, 0.25) is 0 Å². The molecular weight excluding hydrogens is 134 g/mol. The van der Waals surface area contributed by atoms with Crippen LogP contribution in [0.1, 0.15) is 34.1 Å². The van der Waals surface area contributed by atoms with Gasteiger partial charge >= 0.3 is 0 Å². The van der Waals surface area contributed by atoms with Crippen molar-refractivity contribution in [2.45, 2.75) is 34.1 Å². The average molecular weight is 155 g/mol. The van der Waals surface area contributed by atoms with E-state index in [1.165, 1.54) is 12.0 Å². The van der Waals surface area contributed by atoms with Gasteiger partial charge in [-0.2, -0.15) is 0 Å². The van der Waals surface area contributed by atoms with E-state index < -0.39 is 0 Å². The third-order valence-corrected chi connectivity index (χ3v) is 2.31. The van der Waals surface area contributed by atoms with Crippen LogP contribution in [-0.4, -0.2) is 18.5 Å². The van der Waals surface area contributed by atoms with E-state index in [2.05, 4.69) is 45.8 Å². The van der Waals surface area contributed by atoms with Crippen molar-refractivity contribution in [3.8, 4) is 0 Å². The van der Waals surface area contributed by atoms with E-state index in [9.17, 15) is 0 Å². The molecule has 0 aromatic heterocycles. The predicted molar refractivity (Wildman–Crippen MR) is 51.5 cm³/mol. The first-order chi connectivity index (χ1) is 5.11. The molecule has 0 aliphatic rings. The van der Waals surface area contributed by atoms with Crippen molar-refractivity contribution in [2.75, 3.05) is 13.6 Å². The summed E-state index contributed by atoms with van der Waals surface area (Å²) in [4.78, 5) is 2.22. The Labute approximate surface area is 71.1 Å². The second kappa shape index (κ2) is 5.22. The van der Waals surface area contributed by atoms with E-state index in [-0.39, 0.29) is 0 Å². The fourth-order valence-electron chi connectivity index (χ4n) is 0.888. The average Bonchev–Trinajstić information content (AvgIpc) is 2.02. The largest absolute Gasteiger partial charge is 0.381 e. The van der Waals surface area contributed by atoms with Crippen LogP contribution in [-0.2, 0) is 0 Å². The monoisotopic (exact) mass is 155 g/mol. The summed E-state index contributed by atoms with van der Waals surface area (Å²) in [5.74, 6) is 0.726. The molecule has 0 heterocycles. The fourth-order valence-corrected chi connectivity index (χ4v) is 0.888. The maximum atomic E-state index is 2.27. The van der Waals surface area contributed by atoms with E-state index >= 15 is 0 Å². The van der Waals surface area contributed by atoms with Crippen LogP contribution < -0.4 is 0 Å². The summed E-state index contributed by atoms with van der Waals surface area (Å²) in [7, 11) is 2.12. The zero-order valence-corrected chi connectivity index (χ0v) is 8.52. The molecule has 1 atom stereocenters. The Balaban J connectivity index is 3.98. The molecule has 0 bridgehead atoms. The minimum atomic E-state index is 0.726. The summed E-state index contributed by atoms with van der Waals surface area (Å²) >= 11 is 0. The van der Waals surface area contributed by atoms with Gasteiger partial charge in [0.05, 0.1) is 0 Å². The minimum absolute atomic E-state index is 0.726. The van der Waals surface area contributed by atoms with Crippen LogP contribution in [0, 0.1) is 5.92 Å². The molecule has 0 spiro atoms. The second-order valence-corrected chi connectivity index (χ2v) is 3.26. The Bertz CT molecular complexity index is 127. The van der Waals surface area contributed by atoms with Crippen LogP contribution in [0.2, 0.25) is 0 Å². The van der Waals surface area contributed by atoms with E-state index in [0.29, 0.717) is 0 Å². The maximum Gasteiger partial charge on any atom is 0.0140 e. The van der Waals surface area contributed by atoms with Crippen LogP contribution in [0.4, 0.5) is 0 Å². The number of allylic oxidation sites excluding steroid dienone is 1. The predicted octanol–water partition coefficient (Wildman–Crippen LogP) is 2.89. The van der Waals surface area contributed by atoms with Crippen molar-refractivity contribution in [1.29, 1.82) is 0 Å². The lowest BCUT2D eigenvalue weighted by Crippen LogP contribution is -2.11. The van der Waals surface area contributed by atoms with E-state index in [0.717, 1.165) is 12.5 Å². The zero-order valence-electron chi connectivity index (χ0n) is 8.52. The highest BCUT2D eigenvalue weighted by molar-refractivity contribution is 5.00. The molecule has 0 aromatic carbocycles. The molecule has 1 unspecified atom stereocenters. The first-order valence-electron chi connectivity index (χ1n) is 4.50.